The van der Waals surface area contributed by atoms with Gasteiger partial charge in [-0.2, -0.15) is 0 Å². The van der Waals surface area contributed by atoms with Gasteiger partial charge in [0, 0.05) is 40.8 Å². The van der Waals surface area contributed by atoms with Gasteiger partial charge in [0.15, 0.2) is 5.96 Å². The molecule has 0 fully saturated rings. The van der Waals surface area contributed by atoms with Crippen LogP contribution < -0.4 is 21.5 Å². The molecular formula is C25H28ClN7O4S. The number of para-hydroxylation sites is 1. The molecule has 1 aromatic heterocycles. The second kappa shape index (κ2) is 12.4. The van der Waals surface area contributed by atoms with Gasteiger partial charge in [0.2, 0.25) is 10.0 Å². The van der Waals surface area contributed by atoms with Gasteiger partial charge in [0.25, 0.3) is 5.69 Å². The molecule has 0 amide bonds. The number of benzene rings is 3. The molecule has 0 aliphatic rings. The molecule has 0 unspecified atom stereocenters. The van der Waals surface area contributed by atoms with E-state index < -0.39 is 14.9 Å². The molecule has 11 nitrogen and oxygen atoms in total. The Hall–Kier alpha value is -4.16. The zero-order valence-corrected chi connectivity index (χ0v) is 22.0. The number of nitrogens with zero attached hydrogens (tertiary/aromatic N) is 3. The summed E-state index contributed by atoms with van der Waals surface area (Å²) in [5.41, 5.74) is 13.6. The Labute approximate surface area is 226 Å². The monoisotopic (exact) mass is 557 g/mol. The number of nitrogens with one attached hydrogen (secondary N) is 2. The molecule has 6 N–H and O–H groups in total. The van der Waals surface area contributed by atoms with Crippen LogP contribution in [-0.2, 0) is 10.0 Å². The van der Waals surface area contributed by atoms with E-state index in [4.69, 9.17) is 11.5 Å². The fraction of sp³-hybridized carbons (Fsp3) is 0.200. The molecule has 4 rings (SSSR count). The van der Waals surface area contributed by atoms with Crippen LogP contribution in [0, 0.1) is 10.1 Å². The summed E-state index contributed by atoms with van der Waals surface area (Å²) in [6, 6.07) is 19.0. The maximum atomic E-state index is 12.4. The molecule has 38 heavy (non-hydrogen) atoms. The Bertz CT molecular complexity index is 1570. The Morgan fingerprint density at radius 3 is 2.32 bits per heavy atom. The Morgan fingerprint density at radius 1 is 0.921 bits per heavy atom. The summed E-state index contributed by atoms with van der Waals surface area (Å²) in [5, 5.41) is 16.2. The van der Waals surface area contributed by atoms with Gasteiger partial charge in [0.1, 0.15) is 0 Å². The molecule has 200 valence electrons. The van der Waals surface area contributed by atoms with E-state index in [1.165, 1.54) is 12.1 Å². The first-order valence-electron chi connectivity index (χ1n) is 11.6. The topological polar surface area (TPSA) is 179 Å². The summed E-state index contributed by atoms with van der Waals surface area (Å²) >= 11 is 0. The number of anilines is 3. The zero-order chi connectivity index (χ0) is 26.4. The van der Waals surface area contributed by atoms with Gasteiger partial charge in [-0.15, -0.1) is 12.4 Å². The largest absolute Gasteiger partial charge is 0.370 e. The van der Waals surface area contributed by atoms with Crippen LogP contribution >= 0.6 is 12.4 Å². The van der Waals surface area contributed by atoms with E-state index in [1.54, 1.807) is 30.3 Å². The van der Waals surface area contributed by atoms with Crippen molar-refractivity contribution in [3.05, 3.63) is 76.8 Å². The highest BCUT2D eigenvalue weighted by atomic mass is 35.5. The third-order valence-corrected chi connectivity index (χ3v) is 7.04. The average molecular weight is 558 g/mol. The molecule has 1 heterocycles. The minimum Gasteiger partial charge on any atom is -0.370 e. The maximum absolute atomic E-state index is 12.4. The van der Waals surface area contributed by atoms with Crippen LogP contribution in [-0.4, -0.2) is 36.6 Å². The average Bonchev–Trinajstić information content (AvgIpc) is 2.86. The lowest BCUT2D eigenvalue weighted by Gasteiger charge is -2.14. The number of halogens is 1. The number of guanidine groups is 1. The number of fused-ring (bicyclic) bond motifs is 2. The van der Waals surface area contributed by atoms with Gasteiger partial charge in [-0.3, -0.25) is 19.8 Å². The Balaban J connectivity index is 0.00000400. The Morgan fingerprint density at radius 2 is 1.61 bits per heavy atom. The predicted octanol–water partition coefficient (Wildman–Crippen LogP) is 4.65. The number of pyridine rings is 1. The van der Waals surface area contributed by atoms with Crippen molar-refractivity contribution in [2.75, 3.05) is 22.3 Å². The van der Waals surface area contributed by atoms with E-state index in [-0.39, 0.29) is 29.8 Å². The van der Waals surface area contributed by atoms with E-state index in [2.05, 4.69) is 20.0 Å². The van der Waals surface area contributed by atoms with Gasteiger partial charge in [-0.1, -0.05) is 24.6 Å². The molecular weight excluding hydrogens is 530 g/mol. The number of hydrogen-bond donors (Lipinski definition) is 4. The molecule has 0 saturated heterocycles. The molecule has 0 aliphatic carbocycles. The first-order chi connectivity index (χ1) is 17.7. The van der Waals surface area contributed by atoms with Gasteiger partial charge < -0.3 is 16.8 Å². The van der Waals surface area contributed by atoms with Crippen LogP contribution in [0.4, 0.5) is 22.7 Å². The fourth-order valence-corrected chi connectivity index (χ4v) is 5.10. The lowest BCUT2D eigenvalue weighted by Crippen LogP contribution is -2.23. The van der Waals surface area contributed by atoms with Crippen molar-refractivity contribution in [1.82, 2.24) is 4.98 Å². The van der Waals surface area contributed by atoms with Crippen LogP contribution in [0.25, 0.3) is 21.8 Å². The summed E-state index contributed by atoms with van der Waals surface area (Å²) in [7, 11) is -3.50. The molecule has 0 aliphatic heterocycles. The first-order valence-corrected chi connectivity index (χ1v) is 13.3. The fourth-order valence-electron chi connectivity index (χ4n) is 3.91. The summed E-state index contributed by atoms with van der Waals surface area (Å²) in [4.78, 5) is 19.3. The first kappa shape index (κ1) is 28.4. The normalized spacial score (nSPS) is 11.1. The molecule has 0 radical (unpaired) electrons. The summed E-state index contributed by atoms with van der Waals surface area (Å²) in [6.45, 7) is 0.475. The lowest BCUT2D eigenvalue weighted by atomic mass is 10.1. The number of hydrogen-bond acceptors (Lipinski definition) is 7. The summed E-state index contributed by atoms with van der Waals surface area (Å²) < 4.78 is 27.5. The number of aliphatic imine (C=N–C) groups is 1. The molecule has 4 aromatic rings. The van der Waals surface area contributed by atoms with Crippen LogP contribution in [0.2, 0.25) is 0 Å². The van der Waals surface area contributed by atoms with Crippen molar-refractivity contribution >= 4 is 72.9 Å². The number of rotatable bonds is 11. The van der Waals surface area contributed by atoms with Gasteiger partial charge in [0.05, 0.1) is 27.4 Å². The van der Waals surface area contributed by atoms with Gasteiger partial charge >= 0.3 is 0 Å². The van der Waals surface area contributed by atoms with E-state index in [9.17, 15) is 18.5 Å². The standard InChI is InChI=1S/C25H27N7O4S.ClH/c26-25(27)28-14-4-1-5-15-37(35,36)31-18-10-8-17(9-11-18)29-24-20-6-2-3-7-22(20)30-23-16-19(32(33)34)12-13-21(23)24;/h2-3,6-13,16,31H,1,4-5,14-15H2,(H,29,30)(H4,26,27,28);1H. The minimum absolute atomic E-state index is 0. The third kappa shape index (κ3) is 7.20. The number of sulfonamides is 1. The maximum Gasteiger partial charge on any atom is 0.271 e. The molecule has 13 heteroatoms. The van der Waals surface area contributed by atoms with Crippen molar-refractivity contribution in [3.63, 3.8) is 0 Å². The van der Waals surface area contributed by atoms with Crippen LogP contribution in [0.15, 0.2) is 71.7 Å². The second-order valence-corrected chi connectivity index (χ2v) is 10.3. The highest BCUT2D eigenvalue weighted by molar-refractivity contribution is 7.92. The highest BCUT2D eigenvalue weighted by Crippen LogP contribution is 2.34. The third-order valence-electron chi connectivity index (χ3n) is 5.67. The van der Waals surface area contributed by atoms with Crippen molar-refractivity contribution < 1.29 is 13.3 Å². The quantitative estimate of drug-likeness (QED) is 0.0513. The smallest absolute Gasteiger partial charge is 0.271 e. The Kier molecular flexibility index (Phi) is 9.26. The second-order valence-electron chi connectivity index (χ2n) is 8.45. The van der Waals surface area contributed by atoms with Crippen molar-refractivity contribution in [3.8, 4) is 0 Å². The minimum atomic E-state index is -3.50. The number of aromatic nitrogens is 1. The zero-order valence-electron chi connectivity index (χ0n) is 20.3. The van der Waals surface area contributed by atoms with Crippen molar-refractivity contribution in [2.45, 2.75) is 19.3 Å². The number of non-ortho nitro benzene ring substituents is 1. The van der Waals surface area contributed by atoms with Crippen molar-refractivity contribution in [1.29, 1.82) is 0 Å². The number of nitrogens with two attached hydrogens (primary N) is 2. The molecule has 0 bridgehead atoms. The highest BCUT2D eigenvalue weighted by Gasteiger charge is 2.14. The van der Waals surface area contributed by atoms with Crippen LogP contribution in [0.5, 0.6) is 0 Å². The predicted molar refractivity (Wildman–Crippen MR) is 155 cm³/mol. The van der Waals surface area contributed by atoms with E-state index in [0.29, 0.717) is 42.5 Å². The van der Waals surface area contributed by atoms with E-state index >= 15 is 0 Å². The van der Waals surface area contributed by atoms with E-state index in [1.807, 2.05) is 24.3 Å². The lowest BCUT2D eigenvalue weighted by molar-refractivity contribution is -0.384. The van der Waals surface area contributed by atoms with Crippen molar-refractivity contribution in [2.24, 2.45) is 16.5 Å². The number of nitro benzene ring substituents is 1. The summed E-state index contributed by atoms with van der Waals surface area (Å²) in [6.07, 6.45) is 1.90. The van der Waals surface area contributed by atoms with E-state index in [0.717, 1.165) is 22.1 Å². The molecule has 0 atom stereocenters. The number of nitro groups is 1. The summed E-state index contributed by atoms with van der Waals surface area (Å²) in [5.74, 6) is 0.0252. The van der Waals surface area contributed by atoms with Gasteiger partial charge in [-0.25, -0.2) is 13.4 Å². The molecule has 0 saturated carbocycles. The van der Waals surface area contributed by atoms with Gasteiger partial charge in [-0.05, 0) is 49.2 Å². The molecule has 3 aromatic carbocycles. The number of unbranched alkanes of at least 4 members (excludes halogenated alkanes) is 2. The SMILES string of the molecule is Cl.NC(N)=NCCCCCS(=O)(=O)Nc1ccc(Nc2c3ccccc3nc3cc([N+](=O)[O-])ccc23)cc1. The van der Waals surface area contributed by atoms with Crippen LogP contribution in [0.1, 0.15) is 19.3 Å². The molecule has 0 spiro atoms. The van der Waals surface area contributed by atoms with Crippen LogP contribution in [0.3, 0.4) is 0 Å².